The predicted molar refractivity (Wildman–Crippen MR) is 89.6 cm³/mol. The van der Waals surface area contributed by atoms with E-state index >= 15 is 0 Å². The highest BCUT2D eigenvalue weighted by Crippen LogP contribution is 2.27. The zero-order valence-electron chi connectivity index (χ0n) is 12.3. The van der Waals surface area contributed by atoms with Crippen molar-refractivity contribution < 1.29 is 0 Å². The number of nitrogens with zero attached hydrogens (tertiary/aromatic N) is 4. The molecule has 4 nitrogen and oxygen atoms in total. The lowest BCUT2D eigenvalue weighted by Gasteiger charge is -2.09. The molecular weight excluding hydrogens is 316 g/mol. The molecule has 0 atom stereocenters. The number of aryl methyl sites for hydroxylation is 1. The zero-order chi connectivity index (χ0) is 15.5. The van der Waals surface area contributed by atoms with E-state index in [9.17, 15) is 0 Å². The van der Waals surface area contributed by atoms with Crippen molar-refractivity contribution in [3.8, 4) is 5.69 Å². The first kappa shape index (κ1) is 15.1. The highest BCUT2D eigenvalue weighted by molar-refractivity contribution is 7.98. The first-order chi connectivity index (χ1) is 10.7. The molecule has 1 heterocycles. The van der Waals surface area contributed by atoms with Gasteiger partial charge in [-0.05, 0) is 53.1 Å². The number of benzene rings is 2. The molecule has 0 saturated carbocycles. The summed E-state index contributed by atoms with van der Waals surface area (Å²) in [7, 11) is 0. The minimum absolute atomic E-state index is 0.727. The van der Waals surface area contributed by atoms with E-state index in [0.29, 0.717) is 0 Å². The van der Waals surface area contributed by atoms with Crippen LogP contribution in [0.15, 0.2) is 47.6 Å². The molecule has 0 aliphatic heterocycles. The van der Waals surface area contributed by atoms with Crippen LogP contribution in [0.1, 0.15) is 16.7 Å². The van der Waals surface area contributed by atoms with Crippen LogP contribution in [0.3, 0.4) is 0 Å². The summed E-state index contributed by atoms with van der Waals surface area (Å²) < 4.78 is 1.78. The maximum Gasteiger partial charge on any atom is 0.214 e. The number of tetrazole rings is 1. The SMILES string of the molecule is Cc1cccc(-n2nnnc2SCc2ccccc2Cl)c1C. The summed E-state index contributed by atoms with van der Waals surface area (Å²) in [5, 5.41) is 13.6. The number of hydrogen-bond donors (Lipinski definition) is 0. The van der Waals surface area contributed by atoms with Gasteiger partial charge in [0.15, 0.2) is 0 Å². The lowest BCUT2D eigenvalue weighted by Crippen LogP contribution is -2.02. The molecule has 0 N–H and O–H groups in total. The van der Waals surface area contributed by atoms with Crippen LogP contribution in [0.4, 0.5) is 0 Å². The van der Waals surface area contributed by atoms with Crippen molar-refractivity contribution >= 4 is 23.4 Å². The third-order valence-electron chi connectivity index (χ3n) is 3.56. The van der Waals surface area contributed by atoms with E-state index in [4.69, 9.17) is 11.6 Å². The van der Waals surface area contributed by atoms with Crippen LogP contribution in [0.2, 0.25) is 5.02 Å². The summed E-state index contributed by atoms with van der Waals surface area (Å²) in [6.07, 6.45) is 0. The topological polar surface area (TPSA) is 43.6 Å². The second-order valence-electron chi connectivity index (χ2n) is 4.97. The Balaban J connectivity index is 1.87. The molecule has 3 rings (SSSR count). The van der Waals surface area contributed by atoms with Gasteiger partial charge in [0.2, 0.25) is 5.16 Å². The van der Waals surface area contributed by atoms with E-state index in [1.807, 2.05) is 36.4 Å². The van der Waals surface area contributed by atoms with Crippen LogP contribution < -0.4 is 0 Å². The highest BCUT2D eigenvalue weighted by Gasteiger charge is 2.12. The van der Waals surface area contributed by atoms with Crippen molar-refractivity contribution in [3.63, 3.8) is 0 Å². The second-order valence-corrected chi connectivity index (χ2v) is 6.32. The van der Waals surface area contributed by atoms with Crippen molar-refractivity contribution in [2.24, 2.45) is 0 Å². The molecule has 0 radical (unpaired) electrons. The van der Waals surface area contributed by atoms with Gasteiger partial charge in [0.1, 0.15) is 0 Å². The van der Waals surface area contributed by atoms with Crippen molar-refractivity contribution in [2.45, 2.75) is 24.8 Å². The van der Waals surface area contributed by atoms with Gasteiger partial charge in [0.05, 0.1) is 5.69 Å². The van der Waals surface area contributed by atoms with E-state index in [0.717, 1.165) is 27.2 Å². The predicted octanol–water partition coefficient (Wildman–Crippen LogP) is 4.22. The summed E-state index contributed by atoms with van der Waals surface area (Å²) in [5.74, 6) is 0.727. The summed E-state index contributed by atoms with van der Waals surface area (Å²) >= 11 is 7.77. The van der Waals surface area contributed by atoms with E-state index in [1.165, 1.54) is 11.1 Å². The molecule has 0 bridgehead atoms. The summed E-state index contributed by atoms with van der Waals surface area (Å²) in [6.45, 7) is 4.16. The number of rotatable bonds is 4. The first-order valence-electron chi connectivity index (χ1n) is 6.88. The Hall–Kier alpha value is -1.85. The lowest BCUT2D eigenvalue weighted by molar-refractivity contribution is 0.751. The van der Waals surface area contributed by atoms with Gasteiger partial charge in [-0.25, -0.2) is 0 Å². The Kier molecular flexibility index (Phi) is 4.45. The quantitative estimate of drug-likeness (QED) is 0.672. The van der Waals surface area contributed by atoms with Gasteiger partial charge in [-0.2, -0.15) is 4.68 Å². The number of thioether (sulfide) groups is 1. The number of aromatic nitrogens is 4. The fraction of sp³-hybridized carbons (Fsp3) is 0.188. The van der Waals surface area contributed by atoms with Crippen LogP contribution in [-0.2, 0) is 5.75 Å². The van der Waals surface area contributed by atoms with Gasteiger partial charge in [-0.15, -0.1) is 5.10 Å². The Morgan fingerprint density at radius 2 is 1.91 bits per heavy atom. The fourth-order valence-electron chi connectivity index (χ4n) is 2.14. The maximum atomic E-state index is 6.20. The van der Waals surface area contributed by atoms with E-state index in [2.05, 4.69) is 35.4 Å². The molecule has 0 saturated heterocycles. The average molecular weight is 331 g/mol. The molecule has 0 aliphatic carbocycles. The summed E-state index contributed by atoms with van der Waals surface area (Å²) in [5.41, 5.74) is 4.47. The lowest BCUT2D eigenvalue weighted by atomic mass is 10.1. The van der Waals surface area contributed by atoms with Gasteiger partial charge < -0.3 is 0 Å². The third kappa shape index (κ3) is 3.00. The smallest absolute Gasteiger partial charge is 0.187 e. The van der Waals surface area contributed by atoms with Gasteiger partial charge in [-0.3, -0.25) is 0 Å². The Morgan fingerprint density at radius 1 is 1.09 bits per heavy atom. The molecule has 0 aliphatic rings. The number of halogens is 1. The molecule has 0 amide bonds. The average Bonchev–Trinajstić information content (AvgIpc) is 2.97. The van der Waals surface area contributed by atoms with Gasteiger partial charge in [0.25, 0.3) is 0 Å². The maximum absolute atomic E-state index is 6.20. The van der Waals surface area contributed by atoms with Crippen LogP contribution in [0.25, 0.3) is 5.69 Å². The van der Waals surface area contributed by atoms with Crippen LogP contribution in [0, 0.1) is 13.8 Å². The van der Waals surface area contributed by atoms with Crippen LogP contribution in [-0.4, -0.2) is 20.2 Å². The standard InChI is InChI=1S/C16H15ClN4S/c1-11-6-5-9-15(12(11)2)21-16(18-19-20-21)22-10-13-7-3-4-8-14(13)17/h3-9H,10H2,1-2H3. The van der Waals surface area contributed by atoms with Crippen molar-refractivity contribution in [2.75, 3.05) is 0 Å². The molecule has 22 heavy (non-hydrogen) atoms. The molecule has 6 heteroatoms. The molecule has 0 fully saturated rings. The normalized spacial score (nSPS) is 10.9. The monoisotopic (exact) mass is 330 g/mol. The Labute approximate surface area is 138 Å². The van der Waals surface area contributed by atoms with Crippen LogP contribution >= 0.6 is 23.4 Å². The van der Waals surface area contributed by atoms with Gasteiger partial charge >= 0.3 is 0 Å². The van der Waals surface area contributed by atoms with E-state index in [-0.39, 0.29) is 0 Å². The van der Waals surface area contributed by atoms with Gasteiger partial charge in [-0.1, -0.05) is 53.7 Å². The molecule has 1 aromatic heterocycles. The largest absolute Gasteiger partial charge is 0.214 e. The van der Waals surface area contributed by atoms with Crippen molar-refractivity contribution in [1.29, 1.82) is 0 Å². The Morgan fingerprint density at radius 3 is 2.73 bits per heavy atom. The number of hydrogen-bond acceptors (Lipinski definition) is 4. The molecule has 0 spiro atoms. The summed E-state index contributed by atoms with van der Waals surface area (Å²) in [6, 6.07) is 13.9. The minimum atomic E-state index is 0.727. The fourth-order valence-corrected chi connectivity index (χ4v) is 3.31. The highest BCUT2D eigenvalue weighted by atomic mass is 35.5. The van der Waals surface area contributed by atoms with Crippen LogP contribution in [0.5, 0.6) is 0 Å². The molecule has 3 aromatic rings. The molecule has 112 valence electrons. The third-order valence-corrected chi connectivity index (χ3v) is 4.90. The summed E-state index contributed by atoms with van der Waals surface area (Å²) in [4.78, 5) is 0. The zero-order valence-corrected chi connectivity index (χ0v) is 13.9. The van der Waals surface area contributed by atoms with Crippen molar-refractivity contribution in [3.05, 3.63) is 64.2 Å². The second kappa shape index (κ2) is 6.50. The minimum Gasteiger partial charge on any atom is -0.187 e. The molecule has 0 unspecified atom stereocenters. The van der Waals surface area contributed by atoms with E-state index < -0.39 is 0 Å². The molecular formula is C16H15ClN4S. The van der Waals surface area contributed by atoms with Gasteiger partial charge in [0, 0.05) is 10.8 Å². The first-order valence-corrected chi connectivity index (χ1v) is 8.24. The van der Waals surface area contributed by atoms with Crippen molar-refractivity contribution in [1.82, 2.24) is 20.2 Å². The molecule has 2 aromatic carbocycles. The Bertz CT molecular complexity index is 800. The van der Waals surface area contributed by atoms with E-state index in [1.54, 1.807) is 16.4 Å².